The van der Waals surface area contributed by atoms with Gasteiger partial charge in [-0.3, -0.25) is 9.59 Å². The van der Waals surface area contributed by atoms with E-state index in [-0.39, 0.29) is 11.8 Å². The molecule has 1 saturated heterocycles. The number of amides is 2. The van der Waals surface area contributed by atoms with Crippen LogP contribution in [0.2, 0.25) is 0 Å². The third kappa shape index (κ3) is 4.35. The summed E-state index contributed by atoms with van der Waals surface area (Å²) < 4.78 is 5.21. The van der Waals surface area contributed by atoms with Gasteiger partial charge in [0.25, 0.3) is 5.91 Å². The molecular weight excluding hydrogens is 380 g/mol. The van der Waals surface area contributed by atoms with Crippen LogP contribution in [0.15, 0.2) is 24.3 Å². The maximum atomic E-state index is 12.8. The number of imidazole rings is 1. The smallest absolute Gasteiger partial charge is 0.267 e. The highest BCUT2D eigenvalue weighted by Gasteiger charge is 2.30. The van der Waals surface area contributed by atoms with Gasteiger partial charge in [-0.25, -0.2) is 4.98 Å². The number of H-pyrrole nitrogens is 1. The molecule has 30 heavy (non-hydrogen) atoms. The number of likely N-dealkylation sites (tertiary alicyclic amines) is 1. The minimum Gasteiger partial charge on any atom is -0.497 e. The van der Waals surface area contributed by atoms with E-state index >= 15 is 0 Å². The molecule has 0 radical (unpaired) electrons. The quantitative estimate of drug-likeness (QED) is 0.761. The van der Waals surface area contributed by atoms with E-state index in [0.29, 0.717) is 30.3 Å². The summed E-state index contributed by atoms with van der Waals surface area (Å²) in [7, 11) is 1.61. The molecule has 2 aromatic rings. The molecule has 1 aromatic heterocycles. The van der Waals surface area contributed by atoms with Gasteiger partial charge in [-0.2, -0.15) is 0 Å². The fourth-order valence-electron chi connectivity index (χ4n) is 4.74. The zero-order valence-electron chi connectivity index (χ0n) is 17.5. The minimum absolute atomic E-state index is 0.0800. The Morgan fingerprint density at radius 1 is 1.17 bits per heavy atom. The number of rotatable bonds is 6. The summed E-state index contributed by atoms with van der Waals surface area (Å²) in [5.74, 6) is 1.81. The predicted octanol–water partition coefficient (Wildman–Crippen LogP) is 3.47. The number of methoxy groups -OCH3 is 1. The first kappa shape index (κ1) is 20.4. The first-order valence-electron chi connectivity index (χ1n) is 10.9. The zero-order valence-corrected chi connectivity index (χ0v) is 17.5. The number of nitrogens with zero attached hydrogens (tertiary/aromatic N) is 2. The van der Waals surface area contributed by atoms with Crippen LogP contribution >= 0.6 is 0 Å². The van der Waals surface area contributed by atoms with Crippen molar-refractivity contribution >= 4 is 11.8 Å². The van der Waals surface area contributed by atoms with E-state index in [1.807, 2.05) is 29.2 Å². The average Bonchev–Trinajstić information content (AvgIpc) is 3.44. The van der Waals surface area contributed by atoms with Gasteiger partial charge >= 0.3 is 0 Å². The molecule has 2 aliphatic rings. The lowest BCUT2D eigenvalue weighted by Gasteiger charge is -2.32. The number of aromatic nitrogens is 2. The lowest BCUT2D eigenvalue weighted by atomic mass is 9.96. The number of benzene rings is 1. The highest BCUT2D eigenvalue weighted by Crippen LogP contribution is 2.32. The second-order valence-corrected chi connectivity index (χ2v) is 8.47. The van der Waals surface area contributed by atoms with Gasteiger partial charge in [-0.15, -0.1) is 0 Å². The van der Waals surface area contributed by atoms with Gasteiger partial charge in [0.05, 0.1) is 7.11 Å². The SMILES string of the molecule is COc1ccc(-c2nc([C@@H]3CCCN(C(=O)CC4CCCC4)C3)[nH]c2C(N)=O)cc1. The molecule has 0 unspecified atom stereocenters. The second kappa shape index (κ2) is 8.90. The fraction of sp³-hybridized carbons (Fsp3) is 0.522. The topological polar surface area (TPSA) is 101 Å². The van der Waals surface area contributed by atoms with Gasteiger partial charge in [0, 0.05) is 31.0 Å². The van der Waals surface area contributed by atoms with Crippen LogP contribution < -0.4 is 10.5 Å². The molecule has 0 bridgehead atoms. The Morgan fingerprint density at radius 2 is 1.90 bits per heavy atom. The Hall–Kier alpha value is -2.83. The third-order valence-corrected chi connectivity index (χ3v) is 6.43. The number of nitrogens with two attached hydrogens (primary N) is 1. The lowest BCUT2D eigenvalue weighted by Crippen LogP contribution is -2.40. The normalized spacial score (nSPS) is 19.8. The summed E-state index contributed by atoms with van der Waals surface area (Å²) in [6.07, 6.45) is 7.37. The number of hydrogen-bond donors (Lipinski definition) is 2. The van der Waals surface area contributed by atoms with Gasteiger partial charge in [0.15, 0.2) is 0 Å². The molecule has 1 atom stereocenters. The summed E-state index contributed by atoms with van der Waals surface area (Å²) in [4.78, 5) is 34.7. The second-order valence-electron chi connectivity index (χ2n) is 8.47. The monoisotopic (exact) mass is 410 g/mol. The largest absolute Gasteiger partial charge is 0.497 e. The Bertz CT molecular complexity index is 900. The van der Waals surface area contributed by atoms with Gasteiger partial charge in [0.2, 0.25) is 5.91 Å². The molecule has 4 rings (SSSR count). The van der Waals surface area contributed by atoms with E-state index in [0.717, 1.165) is 36.5 Å². The van der Waals surface area contributed by atoms with Crippen molar-refractivity contribution in [3.05, 3.63) is 35.8 Å². The molecule has 160 valence electrons. The molecular formula is C23H30N4O3. The number of carbonyl (C=O) groups excluding carboxylic acids is 2. The molecule has 1 saturated carbocycles. The first-order chi connectivity index (χ1) is 14.5. The van der Waals surface area contributed by atoms with Crippen molar-refractivity contribution in [2.24, 2.45) is 11.7 Å². The molecule has 3 N–H and O–H groups in total. The van der Waals surface area contributed by atoms with E-state index in [2.05, 4.69) is 4.98 Å². The van der Waals surface area contributed by atoms with E-state index in [1.54, 1.807) is 7.11 Å². The maximum Gasteiger partial charge on any atom is 0.267 e. The Balaban J connectivity index is 1.52. The number of ether oxygens (including phenoxy) is 1. The number of primary amides is 1. The molecule has 2 heterocycles. The maximum absolute atomic E-state index is 12.8. The Morgan fingerprint density at radius 3 is 2.57 bits per heavy atom. The highest BCUT2D eigenvalue weighted by atomic mass is 16.5. The molecule has 1 aromatic carbocycles. The summed E-state index contributed by atoms with van der Waals surface area (Å²) in [5.41, 5.74) is 7.28. The van der Waals surface area contributed by atoms with E-state index < -0.39 is 5.91 Å². The van der Waals surface area contributed by atoms with Crippen molar-refractivity contribution in [2.75, 3.05) is 20.2 Å². The summed E-state index contributed by atoms with van der Waals surface area (Å²) in [5, 5.41) is 0. The van der Waals surface area contributed by atoms with Crippen LogP contribution in [0.25, 0.3) is 11.3 Å². The third-order valence-electron chi connectivity index (χ3n) is 6.43. The molecule has 0 spiro atoms. The van der Waals surface area contributed by atoms with Crippen LogP contribution in [0.4, 0.5) is 0 Å². The molecule has 1 aliphatic heterocycles. The number of carbonyl (C=O) groups is 2. The van der Waals surface area contributed by atoms with Crippen molar-refractivity contribution in [1.29, 1.82) is 0 Å². The average molecular weight is 411 g/mol. The van der Waals surface area contributed by atoms with Crippen LogP contribution in [0.1, 0.15) is 67.2 Å². The molecule has 2 amide bonds. The lowest BCUT2D eigenvalue weighted by molar-refractivity contribution is -0.133. The van der Waals surface area contributed by atoms with Crippen LogP contribution in [-0.4, -0.2) is 46.9 Å². The number of nitrogens with one attached hydrogen (secondary N) is 1. The minimum atomic E-state index is -0.537. The van der Waals surface area contributed by atoms with Crippen LogP contribution in [0.3, 0.4) is 0 Å². The fourth-order valence-corrected chi connectivity index (χ4v) is 4.74. The van der Waals surface area contributed by atoms with Gasteiger partial charge in [0.1, 0.15) is 23.0 Å². The van der Waals surface area contributed by atoms with Crippen molar-refractivity contribution in [3.63, 3.8) is 0 Å². The predicted molar refractivity (Wildman–Crippen MR) is 114 cm³/mol. The number of hydrogen-bond acceptors (Lipinski definition) is 4. The molecule has 7 heteroatoms. The summed E-state index contributed by atoms with van der Waals surface area (Å²) in [6.45, 7) is 1.44. The number of piperidine rings is 1. The van der Waals surface area contributed by atoms with Crippen molar-refractivity contribution in [1.82, 2.24) is 14.9 Å². The van der Waals surface area contributed by atoms with E-state index in [4.69, 9.17) is 15.5 Å². The number of aromatic amines is 1. The van der Waals surface area contributed by atoms with Crippen molar-refractivity contribution in [2.45, 2.75) is 50.9 Å². The van der Waals surface area contributed by atoms with E-state index in [9.17, 15) is 9.59 Å². The van der Waals surface area contributed by atoms with Crippen LogP contribution in [-0.2, 0) is 4.79 Å². The Kier molecular flexibility index (Phi) is 6.06. The van der Waals surface area contributed by atoms with Crippen LogP contribution in [0, 0.1) is 5.92 Å². The van der Waals surface area contributed by atoms with Crippen LogP contribution in [0.5, 0.6) is 5.75 Å². The van der Waals surface area contributed by atoms with Gasteiger partial charge < -0.3 is 20.4 Å². The van der Waals surface area contributed by atoms with Crippen molar-refractivity contribution < 1.29 is 14.3 Å². The van der Waals surface area contributed by atoms with Gasteiger partial charge in [-0.1, -0.05) is 12.8 Å². The standard InChI is InChI=1S/C23H30N4O3/c1-30-18-10-8-16(9-11-18)20-21(22(24)29)26-23(25-20)17-7-4-12-27(14-17)19(28)13-15-5-2-3-6-15/h8-11,15,17H,2-7,12-14H2,1H3,(H2,24,29)(H,25,26)/t17-/m1/s1. The van der Waals surface area contributed by atoms with Crippen molar-refractivity contribution in [3.8, 4) is 17.0 Å². The highest BCUT2D eigenvalue weighted by molar-refractivity contribution is 5.97. The summed E-state index contributed by atoms with van der Waals surface area (Å²) >= 11 is 0. The van der Waals surface area contributed by atoms with E-state index in [1.165, 1.54) is 25.7 Å². The first-order valence-corrected chi connectivity index (χ1v) is 10.9. The molecule has 1 aliphatic carbocycles. The molecule has 7 nitrogen and oxygen atoms in total. The zero-order chi connectivity index (χ0) is 21.1. The Labute approximate surface area is 177 Å². The molecule has 2 fully saturated rings. The van der Waals surface area contributed by atoms with Gasteiger partial charge in [-0.05, 0) is 55.9 Å². The summed E-state index contributed by atoms with van der Waals surface area (Å²) in [6, 6.07) is 7.39.